The van der Waals surface area contributed by atoms with Crippen LogP contribution in [0.15, 0.2) is 0 Å². The van der Waals surface area contributed by atoms with Gasteiger partial charge in [-0.25, -0.2) is 6.32 Å². The molecule has 87 valence electrons. The van der Waals surface area contributed by atoms with Gasteiger partial charge in [-0.3, -0.25) is 0 Å². The van der Waals surface area contributed by atoms with Crippen LogP contribution >= 0.6 is 0 Å². The monoisotopic (exact) mass is 245 g/mol. The van der Waals surface area contributed by atoms with Crippen LogP contribution in [-0.4, -0.2) is 6.71 Å². The molecule has 16 heavy (non-hydrogen) atoms. The number of rotatable bonds is 5. The predicted molar refractivity (Wildman–Crippen MR) is 69.9 cm³/mol. The first kappa shape index (κ1) is 15.8. The summed E-state index contributed by atoms with van der Waals surface area (Å²) in [6.07, 6.45) is 16.8. The second-order valence-electron chi connectivity index (χ2n) is 5.90. The molecule has 2 aliphatic rings. The summed E-state index contributed by atoms with van der Waals surface area (Å²) in [5.41, 5.74) is 0. The van der Waals surface area contributed by atoms with Gasteiger partial charge in [0.1, 0.15) is 0 Å². The molecule has 2 aliphatic heterocycles. The van der Waals surface area contributed by atoms with Crippen molar-refractivity contribution in [2.45, 2.75) is 89.1 Å². The summed E-state index contributed by atoms with van der Waals surface area (Å²) in [5, 5.41) is 0. The van der Waals surface area contributed by atoms with E-state index in [1.165, 1.54) is 25.7 Å². The smallest absolute Gasteiger partial charge is 0.208 e. The molecule has 0 nitrogen and oxygen atoms in total. The van der Waals surface area contributed by atoms with Gasteiger partial charge in [0.15, 0.2) is 0 Å². The fraction of sp³-hybridized carbons (Fsp3) is 1.00. The second kappa shape index (κ2) is 8.74. The van der Waals surface area contributed by atoms with Crippen molar-refractivity contribution in [3.63, 3.8) is 0 Å². The molecular weight excluding hydrogens is 218 g/mol. The average Bonchev–Trinajstić information content (AvgIpc) is 2.24. The second-order valence-corrected chi connectivity index (χ2v) is 5.90. The van der Waals surface area contributed by atoms with Gasteiger partial charge in [-0.1, -0.05) is 71.1 Å². The van der Waals surface area contributed by atoms with E-state index < -0.39 is 0 Å². The Morgan fingerprint density at radius 1 is 0.875 bits per heavy atom. The summed E-state index contributed by atoms with van der Waals surface area (Å²) in [6.45, 7) is 3.46. The third-order valence-electron chi connectivity index (χ3n) is 4.90. The van der Waals surface area contributed by atoms with Crippen molar-refractivity contribution < 1.29 is 51.4 Å². The van der Waals surface area contributed by atoms with Crippen LogP contribution in [0, 0.1) is 0 Å². The van der Waals surface area contributed by atoms with Gasteiger partial charge in [-0.15, -0.1) is 6.71 Å². The van der Waals surface area contributed by atoms with Crippen LogP contribution in [0.4, 0.5) is 0 Å². The number of hydrogen-bond acceptors (Lipinski definition) is 0. The minimum Gasteiger partial charge on any atom is -0.208 e. The molecule has 2 heteroatoms. The number of hydrogen-bond donors (Lipinski definition) is 0. The zero-order valence-electron chi connectivity index (χ0n) is 11.5. The van der Waals surface area contributed by atoms with E-state index in [4.69, 9.17) is 0 Å². The van der Waals surface area contributed by atoms with Crippen LogP contribution in [0.25, 0.3) is 0 Å². The van der Waals surface area contributed by atoms with Crippen molar-refractivity contribution in [2.75, 3.05) is 0 Å². The van der Waals surface area contributed by atoms with E-state index in [9.17, 15) is 0 Å². The molecule has 0 atom stereocenters. The summed E-state index contributed by atoms with van der Waals surface area (Å²) in [6, 6.07) is 0. The van der Waals surface area contributed by atoms with Gasteiger partial charge in [-0.05, 0) is 0 Å². The van der Waals surface area contributed by atoms with E-state index in [1.807, 2.05) is 0 Å². The quantitative estimate of drug-likeness (QED) is 0.514. The molecule has 1 radical (unpaired) electrons. The van der Waals surface area contributed by atoms with Crippen molar-refractivity contribution in [1.29, 1.82) is 0 Å². The Balaban J connectivity index is 0.00000128. The zero-order chi connectivity index (χ0) is 10.5. The summed E-state index contributed by atoms with van der Waals surface area (Å²) in [7, 11) is 0. The van der Waals surface area contributed by atoms with Crippen LogP contribution in [0.1, 0.15) is 71.1 Å². The first-order valence-electron chi connectivity index (χ1n) is 7.42. The molecule has 2 heterocycles. The molecule has 2 fully saturated rings. The fourth-order valence-corrected chi connectivity index (χ4v) is 4.09. The average molecular weight is 245 g/mol. The Kier molecular flexibility index (Phi) is 8.61. The van der Waals surface area contributed by atoms with Crippen molar-refractivity contribution in [3.8, 4) is 0 Å². The summed E-state index contributed by atoms with van der Waals surface area (Å²) < 4.78 is 0. The molecule has 0 unspecified atom stereocenters. The standard InChI is InChI=1S/C14H27B.K/c1-2-3-4-5-12-15-13-8-6-9-14(15)11-7-10-13;/h13-14H,2-12H2,1H3;/q-1;+1. The molecule has 2 rings (SSSR count). The minimum atomic E-state index is 0. The molecule has 0 spiro atoms. The Morgan fingerprint density at radius 2 is 1.44 bits per heavy atom. The molecule has 0 saturated carbocycles. The Labute approximate surface area is 145 Å². The molecule has 0 aliphatic carbocycles. The maximum absolute atomic E-state index is 2.31. The van der Waals surface area contributed by atoms with Crippen LogP contribution in [-0.2, 0) is 0 Å². The van der Waals surface area contributed by atoms with E-state index in [1.54, 1.807) is 44.8 Å². The predicted octanol–water partition coefficient (Wildman–Crippen LogP) is 2.17. The first-order chi connectivity index (χ1) is 7.42. The van der Waals surface area contributed by atoms with Crippen LogP contribution in [0.3, 0.4) is 0 Å². The van der Waals surface area contributed by atoms with Crippen molar-refractivity contribution in [3.05, 3.63) is 0 Å². The molecule has 0 N–H and O–H groups in total. The first-order valence-corrected chi connectivity index (χ1v) is 7.42. The Morgan fingerprint density at radius 3 is 1.94 bits per heavy atom. The third-order valence-corrected chi connectivity index (χ3v) is 4.90. The topological polar surface area (TPSA) is 0 Å². The summed E-state index contributed by atoms with van der Waals surface area (Å²) >= 11 is 0. The fourth-order valence-electron chi connectivity index (χ4n) is 4.09. The maximum Gasteiger partial charge on any atom is 1.00 e. The van der Waals surface area contributed by atoms with Crippen LogP contribution < -0.4 is 51.4 Å². The van der Waals surface area contributed by atoms with Gasteiger partial charge in [0, 0.05) is 0 Å². The molecule has 2 bridgehead atoms. The molecule has 0 aromatic heterocycles. The van der Waals surface area contributed by atoms with Gasteiger partial charge in [0.2, 0.25) is 0 Å². The number of fused-ring (bicyclic) bond motifs is 2. The summed E-state index contributed by atoms with van der Waals surface area (Å²) in [5.74, 6) is 2.28. The summed E-state index contributed by atoms with van der Waals surface area (Å²) in [4.78, 5) is 0. The van der Waals surface area contributed by atoms with E-state index >= 15 is 0 Å². The molecule has 2 saturated heterocycles. The molecule has 0 amide bonds. The van der Waals surface area contributed by atoms with E-state index in [2.05, 4.69) is 6.92 Å². The van der Waals surface area contributed by atoms with Crippen molar-refractivity contribution in [2.24, 2.45) is 0 Å². The van der Waals surface area contributed by atoms with Crippen LogP contribution in [0.5, 0.6) is 0 Å². The SMILES string of the molecule is CCCCCC[B-]1C2CCCC1CCC2.[K+]. The molecule has 0 aromatic carbocycles. The normalized spacial score (nSPS) is 29.8. The van der Waals surface area contributed by atoms with E-state index in [0.29, 0.717) is 0 Å². The van der Waals surface area contributed by atoms with Gasteiger partial charge in [-0.2, -0.15) is 11.6 Å². The molecular formula is C14H27BK. The molecule has 0 aromatic rings. The van der Waals surface area contributed by atoms with Crippen molar-refractivity contribution in [1.82, 2.24) is 0 Å². The third kappa shape index (κ3) is 4.42. The minimum absolute atomic E-state index is 0. The van der Waals surface area contributed by atoms with E-state index in [-0.39, 0.29) is 51.4 Å². The maximum atomic E-state index is 2.31. The van der Waals surface area contributed by atoms with Gasteiger partial charge in [0.05, 0.1) is 0 Å². The van der Waals surface area contributed by atoms with Gasteiger partial charge >= 0.3 is 51.4 Å². The largest absolute Gasteiger partial charge is 1.00 e. The van der Waals surface area contributed by atoms with Gasteiger partial charge in [0.25, 0.3) is 0 Å². The Hall–Kier alpha value is 1.70. The van der Waals surface area contributed by atoms with Gasteiger partial charge < -0.3 is 0 Å². The van der Waals surface area contributed by atoms with E-state index in [0.717, 1.165) is 18.3 Å². The van der Waals surface area contributed by atoms with Crippen LogP contribution in [0.2, 0.25) is 18.0 Å². The zero-order valence-corrected chi connectivity index (χ0v) is 14.6. The number of unbranched alkanes of at least 4 members (excludes halogenated alkanes) is 3. The van der Waals surface area contributed by atoms with Crippen molar-refractivity contribution >= 4 is 6.71 Å². The Bertz CT molecular complexity index is 162.